The van der Waals surface area contributed by atoms with Crippen LogP contribution < -0.4 is 0 Å². The number of amides is 1. The lowest BCUT2D eigenvalue weighted by molar-refractivity contribution is -0.184. The number of azide groups is 2. The second-order valence-electron chi connectivity index (χ2n) is 11.1. The van der Waals surface area contributed by atoms with E-state index in [1.54, 1.807) is 4.90 Å². The van der Waals surface area contributed by atoms with Crippen LogP contribution in [0.4, 0.5) is 4.79 Å². The molecule has 0 bridgehead atoms. The van der Waals surface area contributed by atoms with E-state index in [2.05, 4.69) is 20.1 Å². The van der Waals surface area contributed by atoms with Gasteiger partial charge >= 0.3 is 12.1 Å². The van der Waals surface area contributed by atoms with Gasteiger partial charge in [0.15, 0.2) is 0 Å². The minimum absolute atomic E-state index is 0.119. The topological polar surface area (TPSA) is 183 Å². The summed E-state index contributed by atoms with van der Waals surface area (Å²) in [4.78, 5) is 32.7. The molecule has 4 rings (SSSR count). The molecule has 13 nitrogen and oxygen atoms in total. The fraction of sp³-hybridized carbons (Fsp3) is 0.533. The molecular formula is C30H37N7O6. The molecule has 3 unspecified atom stereocenters. The van der Waals surface area contributed by atoms with Crippen LogP contribution in [0.5, 0.6) is 0 Å². The van der Waals surface area contributed by atoms with Gasteiger partial charge in [0.2, 0.25) is 0 Å². The number of hydrogen-bond donors (Lipinski definition) is 1. The van der Waals surface area contributed by atoms with Gasteiger partial charge in [-0.25, -0.2) is 4.79 Å². The molecule has 0 aromatic heterocycles. The molecule has 2 aromatic carbocycles. The number of ether oxygens (including phenoxy) is 3. The summed E-state index contributed by atoms with van der Waals surface area (Å²) in [5.74, 6) is -1.44. The zero-order chi connectivity index (χ0) is 30.8. The summed E-state index contributed by atoms with van der Waals surface area (Å²) in [7, 11) is 0. The van der Waals surface area contributed by atoms with Crippen LogP contribution in [0.25, 0.3) is 20.9 Å². The van der Waals surface area contributed by atoms with E-state index in [4.69, 9.17) is 19.7 Å². The van der Waals surface area contributed by atoms with Crippen molar-refractivity contribution in [2.24, 2.45) is 22.1 Å². The van der Waals surface area contributed by atoms with E-state index in [0.29, 0.717) is 25.8 Å². The number of aliphatic hydroxyl groups excluding tert-OH is 1. The van der Waals surface area contributed by atoms with E-state index in [-0.39, 0.29) is 19.1 Å². The van der Waals surface area contributed by atoms with Crippen LogP contribution in [-0.2, 0) is 32.2 Å². The largest absolute Gasteiger partial charge is 0.459 e. The van der Waals surface area contributed by atoms with Crippen molar-refractivity contribution in [3.63, 3.8) is 0 Å². The highest BCUT2D eigenvalue weighted by atomic mass is 16.6. The van der Waals surface area contributed by atoms with Gasteiger partial charge in [-0.1, -0.05) is 77.8 Å². The Bertz CT molecular complexity index is 1320. The van der Waals surface area contributed by atoms with E-state index in [1.807, 2.05) is 67.6 Å². The number of rotatable bonds is 10. The number of benzene rings is 2. The predicted molar refractivity (Wildman–Crippen MR) is 156 cm³/mol. The summed E-state index contributed by atoms with van der Waals surface area (Å²) in [6, 6.07) is 17.6. The molecule has 1 aliphatic carbocycles. The first-order valence-corrected chi connectivity index (χ1v) is 14.4. The highest BCUT2D eigenvalue weighted by molar-refractivity contribution is 5.67. The third-order valence-corrected chi connectivity index (χ3v) is 8.08. The van der Waals surface area contributed by atoms with Crippen molar-refractivity contribution in [1.82, 2.24) is 4.90 Å². The van der Waals surface area contributed by atoms with Crippen molar-refractivity contribution >= 4 is 12.1 Å². The summed E-state index contributed by atoms with van der Waals surface area (Å²) in [6.45, 7) is 3.73. The number of nitrogens with zero attached hydrogens (tertiary/aromatic N) is 7. The maximum atomic E-state index is 13.3. The Morgan fingerprint density at radius 3 is 2.26 bits per heavy atom. The first-order valence-electron chi connectivity index (χ1n) is 14.4. The van der Waals surface area contributed by atoms with E-state index in [9.17, 15) is 20.2 Å². The maximum Gasteiger partial charge on any atom is 0.410 e. The molecule has 1 N–H and O–H groups in total. The number of carbonyl (C=O) groups is 2. The second kappa shape index (κ2) is 15.3. The van der Waals surface area contributed by atoms with Gasteiger partial charge in [-0.3, -0.25) is 4.79 Å². The molecule has 1 aliphatic heterocycles. The quantitative estimate of drug-likeness (QED) is 0.160. The zero-order valence-electron chi connectivity index (χ0n) is 24.3. The molecule has 1 heterocycles. The Morgan fingerprint density at radius 1 is 1.00 bits per heavy atom. The molecule has 1 saturated heterocycles. The van der Waals surface area contributed by atoms with Crippen molar-refractivity contribution < 1.29 is 28.9 Å². The van der Waals surface area contributed by atoms with Crippen LogP contribution in [0.2, 0.25) is 0 Å². The summed E-state index contributed by atoms with van der Waals surface area (Å²) >= 11 is 0. The normalized spacial score (nSPS) is 28.4. The third-order valence-electron chi connectivity index (χ3n) is 8.08. The molecule has 2 aliphatic rings. The molecule has 0 radical (unpaired) electrons. The first kappa shape index (κ1) is 31.7. The molecule has 8 atom stereocenters. The predicted octanol–water partition coefficient (Wildman–Crippen LogP) is 5.68. The number of hydrogen-bond acceptors (Lipinski definition) is 8. The lowest BCUT2D eigenvalue weighted by Crippen LogP contribution is -2.59. The molecule has 228 valence electrons. The Hall–Kier alpha value is -4.28. The minimum atomic E-state index is -1.24. The summed E-state index contributed by atoms with van der Waals surface area (Å²) in [5.41, 5.74) is 20.1. The van der Waals surface area contributed by atoms with Crippen molar-refractivity contribution in [2.75, 3.05) is 6.54 Å². The molecule has 0 spiro atoms. The molecule has 43 heavy (non-hydrogen) atoms. The van der Waals surface area contributed by atoms with Gasteiger partial charge < -0.3 is 24.2 Å². The number of carbonyl (C=O) groups excluding carboxylic acids is 2. The molecule has 13 heteroatoms. The van der Waals surface area contributed by atoms with Gasteiger partial charge in [-0.15, -0.1) is 0 Å². The van der Waals surface area contributed by atoms with Crippen LogP contribution in [0, 0.1) is 11.8 Å². The lowest BCUT2D eigenvalue weighted by Gasteiger charge is -2.48. The van der Waals surface area contributed by atoms with Gasteiger partial charge in [0, 0.05) is 29.2 Å². The Morgan fingerprint density at radius 2 is 1.63 bits per heavy atom. The van der Waals surface area contributed by atoms with Crippen molar-refractivity contribution in [2.45, 2.75) is 82.8 Å². The summed E-state index contributed by atoms with van der Waals surface area (Å²) < 4.78 is 17.6. The highest BCUT2D eigenvalue weighted by Crippen LogP contribution is 2.41. The van der Waals surface area contributed by atoms with Crippen LogP contribution in [-0.4, -0.2) is 65.1 Å². The minimum Gasteiger partial charge on any atom is -0.459 e. The SMILES string of the molecule is CC(=O)O[C@H]1C(N=[N+]=[N-])C[C@H](C)C([C@H]2O[C@H](CN(Cc3ccccc3)C(=O)OCc3ccccc3)CCC2N=[N+]=[N-])[C@@H]1O. The first-order chi connectivity index (χ1) is 20.8. The summed E-state index contributed by atoms with van der Waals surface area (Å²) in [5, 5.41) is 19.2. The van der Waals surface area contributed by atoms with E-state index < -0.39 is 54.5 Å². The van der Waals surface area contributed by atoms with E-state index in [0.717, 1.165) is 11.1 Å². The average Bonchev–Trinajstić information content (AvgIpc) is 3.00. The Labute approximate surface area is 250 Å². The Kier molecular flexibility index (Phi) is 11.2. The fourth-order valence-electron chi connectivity index (χ4n) is 6.13. The van der Waals surface area contributed by atoms with Crippen LogP contribution >= 0.6 is 0 Å². The van der Waals surface area contributed by atoms with Crippen LogP contribution in [0.3, 0.4) is 0 Å². The van der Waals surface area contributed by atoms with Crippen LogP contribution in [0.15, 0.2) is 70.9 Å². The van der Waals surface area contributed by atoms with Crippen molar-refractivity contribution in [3.05, 3.63) is 92.7 Å². The standard InChI is InChI=1S/C30H37N7O6/c1-19-15-25(34-36-32)29(42-20(2)38)27(39)26(19)28-24(33-35-31)14-13-23(43-28)17-37(16-21-9-5-3-6-10-21)30(40)41-18-22-11-7-4-8-12-22/h3-12,19,23-29,39H,13-18H2,1-2H3/t19-,23-,24?,25?,26?,27-,28-,29-/m0/s1. The maximum absolute atomic E-state index is 13.3. The number of aliphatic hydroxyl groups is 1. The van der Waals surface area contributed by atoms with Gasteiger partial charge in [0.05, 0.1) is 36.9 Å². The lowest BCUT2D eigenvalue weighted by atomic mass is 9.69. The van der Waals surface area contributed by atoms with E-state index >= 15 is 0 Å². The molecule has 2 fully saturated rings. The van der Waals surface area contributed by atoms with Gasteiger partial charge in [0.25, 0.3) is 0 Å². The smallest absolute Gasteiger partial charge is 0.410 e. The van der Waals surface area contributed by atoms with Crippen molar-refractivity contribution in [1.29, 1.82) is 0 Å². The molecule has 1 saturated carbocycles. The molecule has 2 aromatic rings. The van der Waals surface area contributed by atoms with Gasteiger partial charge in [-0.05, 0) is 47.4 Å². The number of esters is 1. The van der Waals surface area contributed by atoms with E-state index in [1.165, 1.54) is 6.92 Å². The monoisotopic (exact) mass is 591 g/mol. The van der Waals surface area contributed by atoms with Crippen molar-refractivity contribution in [3.8, 4) is 0 Å². The Balaban J connectivity index is 1.55. The van der Waals surface area contributed by atoms with Crippen LogP contribution in [0.1, 0.15) is 44.2 Å². The zero-order valence-corrected chi connectivity index (χ0v) is 24.3. The fourth-order valence-corrected chi connectivity index (χ4v) is 6.13. The average molecular weight is 592 g/mol. The second-order valence-corrected chi connectivity index (χ2v) is 11.1. The third kappa shape index (κ3) is 8.39. The van der Waals surface area contributed by atoms with Gasteiger partial charge in [0.1, 0.15) is 12.7 Å². The highest BCUT2D eigenvalue weighted by Gasteiger charge is 2.50. The molecular weight excluding hydrogens is 554 g/mol. The van der Waals surface area contributed by atoms with Gasteiger partial charge in [-0.2, -0.15) is 0 Å². The molecule has 1 amide bonds. The summed E-state index contributed by atoms with van der Waals surface area (Å²) in [6.07, 6.45) is -2.69.